The fourth-order valence-corrected chi connectivity index (χ4v) is 5.56. The predicted molar refractivity (Wildman–Crippen MR) is 162 cm³/mol. The summed E-state index contributed by atoms with van der Waals surface area (Å²) >= 11 is 0. The van der Waals surface area contributed by atoms with Crippen LogP contribution in [0.1, 0.15) is 5.56 Å². The fourth-order valence-electron chi connectivity index (χ4n) is 5.56. The van der Waals surface area contributed by atoms with Gasteiger partial charge in [0.25, 0.3) is 0 Å². The molecule has 7 rings (SSSR count). The normalized spacial score (nSPS) is 11.3. The number of rotatable bonds is 4. The van der Waals surface area contributed by atoms with Crippen molar-refractivity contribution in [3.63, 3.8) is 0 Å². The van der Waals surface area contributed by atoms with Crippen molar-refractivity contribution in [1.82, 2.24) is 4.57 Å². The lowest BCUT2D eigenvalue weighted by atomic mass is 9.96. The van der Waals surface area contributed by atoms with Gasteiger partial charge in [-0.3, -0.25) is 0 Å². The van der Waals surface area contributed by atoms with Crippen LogP contribution in [0.3, 0.4) is 0 Å². The summed E-state index contributed by atoms with van der Waals surface area (Å²) in [7, 11) is 0. The van der Waals surface area contributed by atoms with Crippen molar-refractivity contribution < 1.29 is 0 Å². The van der Waals surface area contributed by atoms with Gasteiger partial charge in [-0.1, -0.05) is 121 Å². The van der Waals surface area contributed by atoms with E-state index in [4.69, 9.17) is 0 Å². The van der Waals surface area contributed by atoms with Crippen LogP contribution in [0.2, 0.25) is 0 Å². The number of aryl methyl sites for hydroxylation is 1. The molecule has 0 aliphatic rings. The highest BCUT2D eigenvalue weighted by atomic mass is 15.0. The summed E-state index contributed by atoms with van der Waals surface area (Å²) in [5, 5.41) is 2.57. The quantitative estimate of drug-likeness (QED) is 0.234. The second kappa shape index (κ2) is 9.21. The summed E-state index contributed by atoms with van der Waals surface area (Å²) in [6.45, 7) is 2.14. The molecular formula is C37H27N. The number of benzene rings is 6. The van der Waals surface area contributed by atoms with Gasteiger partial charge in [-0.05, 0) is 70.6 Å². The van der Waals surface area contributed by atoms with Crippen LogP contribution < -0.4 is 0 Å². The monoisotopic (exact) mass is 485 g/mol. The zero-order valence-corrected chi connectivity index (χ0v) is 21.3. The van der Waals surface area contributed by atoms with Crippen LogP contribution in [-0.4, -0.2) is 4.57 Å². The van der Waals surface area contributed by atoms with Gasteiger partial charge < -0.3 is 4.57 Å². The van der Waals surface area contributed by atoms with Gasteiger partial charge in [0.15, 0.2) is 0 Å². The topological polar surface area (TPSA) is 4.93 Å². The Bertz CT molecular complexity index is 1850. The fraction of sp³-hybridized carbons (Fsp3) is 0.0270. The highest BCUT2D eigenvalue weighted by Gasteiger charge is 2.11. The molecule has 0 N–H and O–H groups in total. The van der Waals surface area contributed by atoms with Crippen LogP contribution in [0.25, 0.3) is 60.9 Å². The molecular weight excluding hydrogens is 458 g/mol. The van der Waals surface area contributed by atoms with E-state index >= 15 is 0 Å². The number of hydrogen-bond acceptors (Lipinski definition) is 0. The highest BCUT2D eigenvalue weighted by Crippen LogP contribution is 2.33. The summed E-state index contributed by atoms with van der Waals surface area (Å²) in [6, 6.07) is 52.6. The summed E-state index contributed by atoms with van der Waals surface area (Å²) in [4.78, 5) is 0. The lowest BCUT2D eigenvalue weighted by Crippen LogP contribution is -1.93. The molecule has 0 saturated heterocycles. The Labute approximate surface area is 223 Å². The van der Waals surface area contributed by atoms with Gasteiger partial charge in [-0.2, -0.15) is 0 Å². The van der Waals surface area contributed by atoms with E-state index in [9.17, 15) is 0 Å². The van der Waals surface area contributed by atoms with Crippen molar-refractivity contribution >= 4 is 21.8 Å². The van der Waals surface area contributed by atoms with E-state index in [1.54, 1.807) is 0 Å². The first-order valence-electron chi connectivity index (χ1n) is 13.1. The van der Waals surface area contributed by atoms with Crippen LogP contribution in [0.5, 0.6) is 0 Å². The second-order valence-corrected chi connectivity index (χ2v) is 9.94. The van der Waals surface area contributed by atoms with Crippen LogP contribution in [-0.2, 0) is 0 Å². The van der Waals surface area contributed by atoms with Crippen LogP contribution in [0.4, 0.5) is 0 Å². The Morgan fingerprint density at radius 1 is 0.368 bits per heavy atom. The van der Waals surface area contributed by atoms with Gasteiger partial charge in [0.1, 0.15) is 0 Å². The number of nitrogens with zero attached hydrogens (tertiary/aromatic N) is 1. The minimum absolute atomic E-state index is 1.18. The maximum Gasteiger partial charge on any atom is 0.0541 e. The molecule has 38 heavy (non-hydrogen) atoms. The van der Waals surface area contributed by atoms with Gasteiger partial charge in [0.05, 0.1) is 11.0 Å². The SMILES string of the molecule is Cc1cccc(-c2cccc(-c3ccc(-c4ccc(-n5c6ccccc6c6ccccc65)cc4)cc3)c2)c1. The molecule has 7 aromatic rings. The third-order valence-corrected chi connectivity index (χ3v) is 7.47. The maximum atomic E-state index is 2.36. The Morgan fingerprint density at radius 2 is 0.816 bits per heavy atom. The molecule has 0 aliphatic heterocycles. The molecule has 0 atom stereocenters. The Morgan fingerprint density at radius 3 is 1.39 bits per heavy atom. The van der Waals surface area contributed by atoms with E-state index in [1.165, 1.54) is 66.4 Å². The first-order valence-corrected chi connectivity index (χ1v) is 13.1. The van der Waals surface area contributed by atoms with E-state index in [0.717, 1.165) is 0 Å². The number of aromatic nitrogens is 1. The molecule has 6 aromatic carbocycles. The molecule has 180 valence electrons. The van der Waals surface area contributed by atoms with E-state index in [0.29, 0.717) is 0 Å². The van der Waals surface area contributed by atoms with Crippen molar-refractivity contribution in [3.8, 4) is 39.1 Å². The minimum atomic E-state index is 1.18. The lowest BCUT2D eigenvalue weighted by Gasteiger charge is -2.10. The summed E-state index contributed by atoms with van der Waals surface area (Å²) < 4.78 is 2.36. The van der Waals surface area contributed by atoms with Crippen molar-refractivity contribution in [2.45, 2.75) is 6.92 Å². The molecule has 1 aromatic heterocycles. The summed E-state index contributed by atoms with van der Waals surface area (Å²) in [5.74, 6) is 0. The van der Waals surface area contributed by atoms with Crippen molar-refractivity contribution in [2.24, 2.45) is 0 Å². The van der Waals surface area contributed by atoms with Gasteiger partial charge >= 0.3 is 0 Å². The summed E-state index contributed by atoms with van der Waals surface area (Å²) in [6.07, 6.45) is 0. The largest absolute Gasteiger partial charge is 0.309 e. The third-order valence-electron chi connectivity index (χ3n) is 7.47. The van der Waals surface area contributed by atoms with Crippen LogP contribution >= 0.6 is 0 Å². The molecule has 1 heteroatoms. The summed E-state index contributed by atoms with van der Waals surface area (Å²) in [5.41, 5.74) is 12.3. The average Bonchev–Trinajstić information content (AvgIpc) is 3.32. The molecule has 0 aliphatic carbocycles. The smallest absolute Gasteiger partial charge is 0.0541 e. The molecule has 0 amide bonds. The molecule has 1 heterocycles. The third kappa shape index (κ3) is 3.90. The molecule has 0 radical (unpaired) electrons. The Balaban J connectivity index is 1.20. The van der Waals surface area contributed by atoms with E-state index < -0.39 is 0 Å². The molecule has 0 fully saturated rings. The van der Waals surface area contributed by atoms with Crippen LogP contribution in [0.15, 0.2) is 146 Å². The average molecular weight is 486 g/mol. The van der Waals surface area contributed by atoms with E-state index in [2.05, 4.69) is 157 Å². The molecule has 1 nitrogen and oxygen atoms in total. The van der Waals surface area contributed by atoms with E-state index in [1.807, 2.05) is 0 Å². The molecule has 0 spiro atoms. The zero-order chi connectivity index (χ0) is 25.5. The second-order valence-electron chi connectivity index (χ2n) is 9.94. The molecule has 0 bridgehead atoms. The van der Waals surface area contributed by atoms with Gasteiger partial charge in [-0.25, -0.2) is 0 Å². The molecule has 0 unspecified atom stereocenters. The molecule has 0 saturated carbocycles. The van der Waals surface area contributed by atoms with Crippen LogP contribution in [0, 0.1) is 6.92 Å². The minimum Gasteiger partial charge on any atom is -0.309 e. The predicted octanol–water partition coefficient (Wildman–Crippen LogP) is 10.1. The van der Waals surface area contributed by atoms with Gasteiger partial charge in [-0.15, -0.1) is 0 Å². The first kappa shape index (κ1) is 22.3. The van der Waals surface area contributed by atoms with Gasteiger partial charge in [0, 0.05) is 16.5 Å². The number of hydrogen-bond donors (Lipinski definition) is 0. The lowest BCUT2D eigenvalue weighted by molar-refractivity contribution is 1.18. The van der Waals surface area contributed by atoms with Crippen molar-refractivity contribution in [2.75, 3.05) is 0 Å². The number of para-hydroxylation sites is 2. The van der Waals surface area contributed by atoms with E-state index in [-0.39, 0.29) is 0 Å². The standard InChI is InChI=1S/C37H27N/c1-26-8-6-9-30(24-26)32-11-7-10-31(25-32)29-18-16-27(17-19-29)28-20-22-33(23-21-28)38-36-14-4-2-12-34(36)35-13-3-5-15-37(35)38/h2-25H,1H3. The maximum absolute atomic E-state index is 2.36. The van der Waals surface area contributed by atoms with Gasteiger partial charge in [0.2, 0.25) is 0 Å². The zero-order valence-electron chi connectivity index (χ0n) is 21.3. The highest BCUT2D eigenvalue weighted by molar-refractivity contribution is 6.09. The first-order chi connectivity index (χ1) is 18.7. The Hall–Kier alpha value is -4.88. The van der Waals surface area contributed by atoms with Crippen molar-refractivity contribution in [1.29, 1.82) is 0 Å². The van der Waals surface area contributed by atoms with Crippen molar-refractivity contribution in [3.05, 3.63) is 151 Å². The Kier molecular flexibility index (Phi) is 5.41. The number of fused-ring (bicyclic) bond motifs is 3.